The van der Waals surface area contributed by atoms with Crippen molar-refractivity contribution in [3.05, 3.63) is 39.9 Å². The van der Waals surface area contributed by atoms with E-state index in [9.17, 15) is 9.59 Å². The van der Waals surface area contributed by atoms with Crippen LogP contribution in [0.3, 0.4) is 0 Å². The molecular formula is C18H22Cl2N2O2. The summed E-state index contributed by atoms with van der Waals surface area (Å²) in [5, 5.41) is 3.64. The van der Waals surface area contributed by atoms with Gasteiger partial charge in [-0.2, -0.15) is 0 Å². The fourth-order valence-electron chi connectivity index (χ4n) is 2.73. The molecule has 0 spiro atoms. The van der Waals surface area contributed by atoms with Gasteiger partial charge in [0.1, 0.15) is 6.54 Å². The summed E-state index contributed by atoms with van der Waals surface area (Å²) in [6.45, 7) is 1.98. The number of carbonyl (C=O) groups is 2. The average molecular weight is 369 g/mol. The van der Waals surface area contributed by atoms with Crippen LogP contribution in [0, 0.1) is 0 Å². The van der Waals surface area contributed by atoms with E-state index in [0.29, 0.717) is 22.3 Å². The van der Waals surface area contributed by atoms with Crippen LogP contribution in [0.5, 0.6) is 0 Å². The Morgan fingerprint density at radius 2 is 2.00 bits per heavy atom. The topological polar surface area (TPSA) is 49.4 Å². The summed E-state index contributed by atoms with van der Waals surface area (Å²) >= 11 is 11.9. The summed E-state index contributed by atoms with van der Waals surface area (Å²) < 4.78 is 0. The molecule has 2 rings (SSSR count). The van der Waals surface area contributed by atoms with Crippen LogP contribution < -0.4 is 10.2 Å². The molecule has 0 saturated carbocycles. The van der Waals surface area contributed by atoms with Crippen molar-refractivity contribution < 1.29 is 9.59 Å². The van der Waals surface area contributed by atoms with Gasteiger partial charge in [-0.1, -0.05) is 34.9 Å². The zero-order valence-electron chi connectivity index (χ0n) is 13.8. The average Bonchev–Trinajstić information content (AvgIpc) is 2.56. The van der Waals surface area contributed by atoms with Gasteiger partial charge in [-0.15, -0.1) is 0 Å². The third-order valence-corrected chi connectivity index (χ3v) is 4.79. The fourth-order valence-corrected chi connectivity index (χ4v) is 3.02. The molecule has 6 heteroatoms. The summed E-state index contributed by atoms with van der Waals surface area (Å²) in [5.41, 5.74) is 1.97. The van der Waals surface area contributed by atoms with E-state index in [4.69, 9.17) is 23.2 Å². The molecule has 0 saturated heterocycles. The van der Waals surface area contributed by atoms with Gasteiger partial charge in [0.15, 0.2) is 0 Å². The molecule has 0 unspecified atom stereocenters. The van der Waals surface area contributed by atoms with Crippen molar-refractivity contribution in [2.45, 2.75) is 39.0 Å². The lowest BCUT2D eigenvalue weighted by Gasteiger charge is -2.21. The molecule has 2 amide bonds. The van der Waals surface area contributed by atoms with Gasteiger partial charge in [0, 0.05) is 19.2 Å². The van der Waals surface area contributed by atoms with Gasteiger partial charge in [0.25, 0.3) is 0 Å². The summed E-state index contributed by atoms with van der Waals surface area (Å²) in [6.07, 6.45) is 7.89. The Hall–Kier alpha value is -1.52. The van der Waals surface area contributed by atoms with Crippen LogP contribution in [0.25, 0.3) is 0 Å². The molecule has 24 heavy (non-hydrogen) atoms. The Morgan fingerprint density at radius 1 is 1.21 bits per heavy atom. The first-order valence-corrected chi connectivity index (χ1v) is 8.90. The van der Waals surface area contributed by atoms with Crippen LogP contribution in [-0.2, 0) is 9.59 Å². The van der Waals surface area contributed by atoms with Gasteiger partial charge < -0.3 is 10.2 Å². The van der Waals surface area contributed by atoms with Crippen molar-refractivity contribution in [3.8, 4) is 0 Å². The fraction of sp³-hybridized carbons (Fsp3) is 0.444. The molecule has 0 fully saturated rings. The normalized spacial score (nSPS) is 14.0. The number of hydrogen-bond acceptors (Lipinski definition) is 2. The second-order valence-electron chi connectivity index (χ2n) is 5.91. The number of nitrogens with one attached hydrogen (secondary N) is 1. The number of rotatable bonds is 6. The molecule has 4 nitrogen and oxygen atoms in total. The molecule has 0 aromatic heterocycles. The minimum atomic E-state index is -0.224. The molecule has 1 aromatic carbocycles. The Bertz CT molecular complexity index is 644. The largest absolute Gasteiger partial charge is 0.354 e. The van der Waals surface area contributed by atoms with Crippen molar-refractivity contribution in [3.63, 3.8) is 0 Å². The zero-order valence-corrected chi connectivity index (χ0v) is 15.3. The summed E-state index contributed by atoms with van der Waals surface area (Å²) in [6, 6.07) is 4.88. The first kappa shape index (κ1) is 18.8. The molecule has 0 atom stereocenters. The zero-order chi connectivity index (χ0) is 17.5. The predicted molar refractivity (Wildman–Crippen MR) is 98.7 cm³/mol. The molecule has 1 aliphatic rings. The highest BCUT2D eigenvalue weighted by atomic mass is 35.5. The lowest BCUT2D eigenvalue weighted by Crippen LogP contribution is -2.40. The third kappa shape index (κ3) is 5.53. The van der Waals surface area contributed by atoms with Gasteiger partial charge in [0.05, 0.1) is 10.0 Å². The molecule has 1 aliphatic carbocycles. The first-order chi connectivity index (χ1) is 11.5. The van der Waals surface area contributed by atoms with Gasteiger partial charge in [0.2, 0.25) is 11.8 Å². The molecular weight excluding hydrogens is 347 g/mol. The van der Waals surface area contributed by atoms with Crippen molar-refractivity contribution >= 4 is 40.7 Å². The third-order valence-electron chi connectivity index (χ3n) is 4.05. The van der Waals surface area contributed by atoms with E-state index in [2.05, 4.69) is 11.4 Å². The van der Waals surface area contributed by atoms with E-state index >= 15 is 0 Å². The van der Waals surface area contributed by atoms with Crippen LogP contribution in [-0.4, -0.2) is 24.9 Å². The molecule has 0 aliphatic heterocycles. The second-order valence-corrected chi connectivity index (χ2v) is 6.73. The number of anilines is 1. The molecule has 0 heterocycles. The monoisotopic (exact) mass is 368 g/mol. The van der Waals surface area contributed by atoms with Crippen molar-refractivity contribution in [2.75, 3.05) is 18.0 Å². The number of allylic oxidation sites excluding steroid dienone is 1. The van der Waals surface area contributed by atoms with E-state index in [1.165, 1.54) is 30.2 Å². The summed E-state index contributed by atoms with van der Waals surface area (Å²) in [7, 11) is 0. The number of nitrogens with zero attached hydrogens (tertiary/aromatic N) is 1. The highest BCUT2D eigenvalue weighted by molar-refractivity contribution is 6.42. The number of amides is 2. The Morgan fingerprint density at radius 3 is 2.62 bits per heavy atom. The summed E-state index contributed by atoms with van der Waals surface area (Å²) in [5.74, 6) is -0.411. The van der Waals surface area contributed by atoms with Gasteiger partial charge in [-0.25, -0.2) is 0 Å². The van der Waals surface area contributed by atoms with E-state index in [1.54, 1.807) is 18.2 Å². The van der Waals surface area contributed by atoms with Crippen molar-refractivity contribution in [1.82, 2.24) is 5.32 Å². The van der Waals surface area contributed by atoms with Crippen molar-refractivity contribution in [1.29, 1.82) is 0 Å². The number of halogens is 2. The van der Waals surface area contributed by atoms with E-state index in [-0.39, 0.29) is 18.4 Å². The van der Waals surface area contributed by atoms with E-state index < -0.39 is 0 Å². The van der Waals surface area contributed by atoms with Gasteiger partial charge in [-0.3, -0.25) is 9.59 Å². The predicted octanol–water partition coefficient (Wildman–Crippen LogP) is 4.35. The SMILES string of the molecule is CC(=O)N(CC(=O)NCCC1=CCCCC1)c1ccc(Cl)c(Cl)c1. The maximum Gasteiger partial charge on any atom is 0.240 e. The highest BCUT2D eigenvalue weighted by Crippen LogP contribution is 2.27. The number of hydrogen-bond donors (Lipinski definition) is 1. The lowest BCUT2D eigenvalue weighted by atomic mass is 9.97. The van der Waals surface area contributed by atoms with Crippen molar-refractivity contribution in [2.24, 2.45) is 0 Å². The molecule has 1 N–H and O–H groups in total. The van der Waals surface area contributed by atoms with Crippen LogP contribution >= 0.6 is 23.2 Å². The van der Waals surface area contributed by atoms with Gasteiger partial charge in [-0.05, 0) is 50.3 Å². The first-order valence-electron chi connectivity index (χ1n) is 8.15. The maximum atomic E-state index is 12.1. The van der Waals surface area contributed by atoms with E-state index in [1.807, 2.05) is 0 Å². The van der Waals surface area contributed by atoms with Crippen LogP contribution in [0.1, 0.15) is 39.0 Å². The smallest absolute Gasteiger partial charge is 0.240 e. The molecule has 130 valence electrons. The Labute approximate surface area is 152 Å². The van der Waals surface area contributed by atoms with Crippen LogP contribution in [0.4, 0.5) is 5.69 Å². The molecule has 0 radical (unpaired) electrons. The van der Waals surface area contributed by atoms with E-state index in [0.717, 1.165) is 19.3 Å². The Balaban J connectivity index is 1.89. The van der Waals surface area contributed by atoms with Crippen LogP contribution in [0.2, 0.25) is 10.0 Å². The number of benzene rings is 1. The standard InChI is InChI=1S/C18H22Cl2N2O2/c1-13(23)22(15-7-8-16(19)17(20)11-15)12-18(24)21-10-9-14-5-3-2-4-6-14/h5,7-8,11H,2-4,6,9-10,12H2,1H3,(H,21,24). The minimum Gasteiger partial charge on any atom is -0.354 e. The maximum absolute atomic E-state index is 12.1. The summed E-state index contributed by atoms with van der Waals surface area (Å²) in [4.78, 5) is 25.4. The second kappa shape index (κ2) is 9.09. The minimum absolute atomic E-state index is 0.0354. The van der Waals surface area contributed by atoms with Gasteiger partial charge >= 0.3 is 0 Å². The highest BCUT2D eigenvalue weighted by Gasteiger charge is 2.16. The van der Waals surface area contributed by atoms with Crippen LogP contribution in [0.15, 0.2) is 29.8 Å². The number of carbonyl (C=O) groups excluding carboxylic acids is 2. The Kier molecular flexibility index (Phi) is 7.13. The lowest BCUT2D eigenvalue weighted by molar-refractivity contribution is -0.123. The quantitative estimate of drug-likeness (QED) is 0.758. The molecule has 0 bridgehead atoms. The molecule has 1 aromatic rings.